The van der Waals surface area contributed by atoms with Gasteiger partial charge in [0, 0.05) is 0 Å². The van der Waals surface area contributed by atoms with Gasteiger partial charge in [-0.1, -0.05) is 24.1 Å². The lowest BCUT2D eigenvalue weighted by atomic mass is 10.3. The lowest BCUT2D eigenvalue weighted by molar-refractivity contribution is 0.440. The van der Waals surface area contributed by atoms with Crippen molar-refractivity contribution >= 4 is 0 Å². The Bertz CT molecular complexity index is 220. The molecule has 1 heteroatoms. The molecule has 0 amide bonds. The molecular formula is C9H7O. The summed E-state index contributed by atoms with van der Waals surface area (Å²) in [6.07, 6.45) is 4.95. The highest BCUT2D eigenvalue weighted by atomic mass is 16.5. The first-order valence-electron chi connectivity index (χ1n) is 2.93. The Balaban J connectivity index is 2.52. The highest BCUT2D eigenvalue weighted by Gasteiger charge is 1.86. The van der Waals surface area contributed by atoms with Crippen molar-refractivity contribution in [1.82, 2.24) is 0 Å². The fourth-order valence-corrected chi connectivity index (χ4v) is 0.601. The minimum absolute atomic E-state index is 0.764. The van der Waals surface area contributed by atoms with Crippen molar-refractivity contribution in [2.45, 2.75) is 0 Å². The summed E-state index contributed by atoms with van der Waals surface area (Å²) in [4.78, 5) is 0. The van der Waals surface area contributed by atoms with Gasteiger partial charge in [-0.3, -0.25) is 0 Å². The number of terminal acetylenes is 1. The summed E-state index contributed by atoms with van der Waals surface area (Å²) in [6, 6.07) is 9.38. The second-order valence-corrected chi connectivity index (χ2v) is 1.72. The van der Waals surface area contributed by atoms with Crippen molar-refractivity contribution in [1.29, 1.82) is 0 Å². The maximum atomic E-state index is 4.99. The third-order valence-electron chi connectivity index (χ3n) is 1.01. The van der Waals surface area contributed by atoms with Crippen LogP contribution < -0.4 is 4.74 Å². The Morgan fingerprint density at radius 1 is 1.30 bits per heavy atom. The molecule has 1 radical (unpaired) electrons. The van der Waals surface area contributed by atoms with Gasteiger partial charge in [0.15, 0.2) is 0 Å². The van der Waals surface area contributed by atoms with Gasteiger partial charge in [0.1, 0.15) is 5.75 Å². The van der Waals surface area contributed by atoms with Crippen LogP contribution in [-0.4, -0.2) is 0 Å². The lowest BCUT2D eigenvalue weighted by Crippen LogP contribution is -1.84. The van der Waals surface area contributed by atoms with Crippen LogP contribution in [0.15, 0.2) is 30.3 Å². The van der Waals surface area contributed by atoms with Crippen molar-refractivity contribution in [2.75, 3.05) is 0 Å². The third kappa shape index (κ3) is 1.83. The van der Waals surface area contributed by atoms with E-state index in [-0.39, 0.29) is 0 Å². The highest BCUT2D eigenvalue weighted by molar-refractivity contribution is 5.22. The predicted octanol–water partition coefficient (Wildman–Crippen LogP) is 1.86. The Morgan fingerprint density at radius 3 is 2.60 bits per heavy atom. The molecule has 49 valence electrons. The van der Waals surface area contributed by atoms with E-state index in [2.05, 4.69) is 5.92 Å². The van der Waals surface area contributed by atoms with Gasteiger partial charge in [-0.15, -0.1) is 6.42 Å². The number of hydrogen-bond donors (Lipinski definition) is 0. The second kappa shape index (κ2) is 3.58. The Morgan fingerprint density at radius 2 is 2.00 bits per heavy atom. The first kappa shape index (κ1) is 6.70. The SMILES string of the molecule is C#C[CH]Oc1ccccc1. The highest BCUT2D eigenvalue weighted by Crippen LogP contribution is 2.08. The fourth-order valence-electron chi connectivity index (χ4n) is 0.601. The topological polar surface area (TPSA) is 9.23 Å². The molecule has 0 aliphatic rings. The molecule has 0 fully saturated rings. The minimum atomic E-state index is 0.764. The van der Waals surface area contributed by atoms with E-state index in [1.54, 1.807) is 0 Å². The first-order chi connectivity index (χ1) is 4.93. The molecule has 0 spiro atoms. The van der Waals surface area contributed by atoms with E-state index < -0.39 is 0 Å². The van der Waals surface area contributed by atoms with Crippen LogP contribution in [0.1, 0.15) is 0 Å². The molecule has 10 heavy (non-hydrogen) atoms. The monoisotopic (exact) mass is 131 g/mol. The number of hydrogen-bond acceptors (Lipinski definition) is 1. The van der Waals surface area contributed by atoms with E-state index in [1.165, 1.54) is 6.61 Å². The molecule has 0 saturated heterocycles. The molecule has 0 aliphatic heterocycles. The summed E-state index contributed by atoms with van der Waals surface area (Å²) in [5.41, 5.74) is 0. The molecule has 1 rings (SSSR count). The van der Waals surface area contributed by atoms with E-state index in [1.807, 2.05) is 30.3 Å². The Kier molecular flexibility index (Phi) is 2.39. The largest absolute Gasteiger partial charge is 0.473 e. The van der Waals surface area contributed by atoms with Crippen LogP contribution in [0.4, 0.5) is 0 Å². The standard InChI is InChI=1S/C9H7O/c1-2-8-10-9-6-4-3-5-7-9/h1,3-8H. The molecule has 0 N–H and O–H groups in total. The Labute approximate surface area is 60.6 Å². The van der Waals surface area contributed by atoms with E-state index >= 15 is 0 Å². The van der Waals surface area contributed by atoms with Crippen LogP contribution in [0.25, 0.3) is 0 Å². The van der Waals surface area contributed by atoms with Crippen LogP contribution in [0.3, 0.4) is 0 Å². The number of benzene rings is 1. The molecule has 1 nitrogen and oxygen atoms in total. The lowest BCUT2D eigenvalue weighted by Gasteiger charge is -1.97. The van der Waals surface area contributed by atoms with E-state index in [4.69, 9.17) is 11.2 Å². The van der Waals surface area contributed by atoms with Gasteiger partial charge in [-0.05, 0) is 12.1 Å². The fraction of sp³-hybridized carbons (Fsp3) is 0. The van der Waals surface area contributed by atoms with Gasteiger partial charge >= 0.3 is 0 Å². The number of ether oxygens (including phenoxy) is 1. The van der Waals surface area contributed by atoms with E-state index in [0.29, 0.717) is 0 Å². The van der Waals surface area contributed by atoms with Crippen molar-refractivity contribution in [3.63, 3.8) is 0 Å². The molecule has 1 aromatic carbocycles. The normalized spacial score (nSPS) is 8.30. The summed E-state index contributed by atoms with van der Waals surface area (Å²) >= 11 is 0. The first-order valence-corrected chi connectivity index (χ1v) is 2.93. The molecule has 0 saturated carbocycles. The van der Waals surface area contributed by atoms with Crippen molar-refractivity contribution in [2.24, 2.45) is 0 Å². The van der Waals surface area contributed by atoms with Crippen LogP contribution in [0, 0.1) is 19.0 Å². The summed E-state index contributed by atoms with van der Waals surface area (Å²) in [5.74, 6) is 3.03. The van der Waals surface area contributed by atoms with Crippen LogP contribution in [0.2, 0.25) is 0 Å². The average Bonchev–Trinajstić information content (AvgIpc) is 2.03. The van der Waals surface area contributed by atoms with Gasteiger partial charge in [-0.2, -0.15) is 0 Å². The molecule has 0 unspecified atom stereocenters. The minimum Gasteiger partial charge on any atom is -0.473 e. The van der Waals surface area contributed by atoms with Crippen LogP contribution >= 0.6 is 0 Å². The average molecular weight is 131 g/mol. The third-order valence-corrected chi connectivity index (χ3v) is 1.01. The quantitative estimate of drug-likeness (QED) is 0.556. The number of rotatable bonds is 2. The van der Waals surface area contributed by atoms with Gasteiger partial charge in [0.05, 0.1) is 0 Å². The van der Waals surface area contributed by atoms with Crippen molar-refractivity contribution < 1.29 is 4.74 Å². The molecule has 0 atom stereocenters. The smallest absolute Gasteiger partial charge is 0.206 e. The zero-order valence-corrected chi connectivity index (χ0v) is 5.45. The summed E-state index contributed by atoms with van der Waals surface area (Å²) in [6.45, 7) is 1.31. The molecule has 0 aliphatic carbocycles. The van der Waals surface area contributed by atoms with Crippen LogP contribution in [-0.2, 0) is 0 Å². The summed E-state index contributed by atoms with van der Waals surface area (Å²) in [5, 5.41) is 0. The molecular weight excluding hydrogens is 124 g/mol. The maximum Gasteiger partial charge on any atom is 0.206 e. The number of para-hydroxylation sites is 1. The van der Waals surface area contributed by atoms with Gasteiger partial charge < -0.3 is 4.74 Å². The molecule has 0 aromatic heterocycles. The van der Waals surface area contributed by atoms with Gasteiger partial charge in [0.2, 0.25) is 6.61 Å². The van der Waals surface area contributed by atoms with Crippen LogP contribution in [0.5, 0.6) is 5.75 Å². The van der Waals surface area contributed by atoms with Crippen molar-refractivity contribution in [3.8, 4) is 18.1 Å². The maximum absolute atomic E-state index is 4.99. The molecule has 0 bridgehead atoms. The summed E-state index contributed by atoms with van der Waals surface area (Å²) in [7, 11) is 0. The molecule has 1 aromatic rings. The van der Waals surface area contributed by atoms with E-state index in [0.717, 1.165) is 5.75 Å². The van der Waals surface area contributed by atoms with Gasteiger partial charge in [-0.25, -0.2) is 0 Å². The van der Waals surface area contributed by atoms with E-state index in [9.17, 15) is 0 Å². The zero-order chi connectivity index (χ0) is 7.23. The molecule has 0 heterocycles. The Hall–Kier alpha value is -1.42. The predicted molar refractivity (Wildman–Crippen MR) is 40.2 cm³/mol. The second-order valence-electron chi connectivity index (χ2n) is 1.72. The van der Waals surface area contributed by atoms with Crippen molar-refractivity contribution in [3.05, 3.63) is 36.9 Å². The van der Waals surface area contributed by atoms with Gasteiger partial charge in [0.25, 0.3) is 0 Å². The summed E-state index contributed by atoms with van der Waals surface area (Å²) < 4.78 is 4.99. The zero-order valence-electron chi connectivity index (χ0n) is 5.45.